The smallest absolute Gasteiger partial charge is 0.307 e. The van der Waals surface area contributed by atoms with Gasteiger partial charge < -0.3 is 4.90 Å². The lowest BCUT2D eigenvalue weighted by Crippen LogP contribution is -2.33. The first-order valence-corrected chi connectivity index (χ1v) is 7.21. The van der Waals surface area contributed by atoms with Gasteiger partial charge in [-0.2, -0.15) is 18.3 Å². The van der Waals surface area contributed by atoms with E-state index in [0.717, 1.165) is 27.7 Å². The van der Waals surface area contributed by atoms with Crippen LogP contribution in [0.1, 0.15) is 16.1 Å². The van der Waals surface area contributed by atoms with E-state index in [4.69, 9.17) is 0 Å². The highest BCUT2D eigenvalue weighted by molar-refractivity contribution is 5.93. The quantitative estimate of drug-likeness (QED) is 0.508. The van der Waals surface area contributed by atoms with Crippen LogP contribution in [0.2, 0.25) is 0 Å². The molecule has 1 amide bonds. The number of pyridine rings is 1. The van der Waals surface area contributed by atoms with Crippen LogP contribution in [0.4, 0.5) is 22.0 Å². The van der Waals surface area contributed by atoms with Gasteiger partial charge in [0.15, 0.2) is 12.4 Å². The molecule has 0 aliphatic rings. The lowest BCUT2D eigenvalue weighted by Gasteiger charge is -2.17. The number of aromatic nitrogens is 5. The molecule has 0 unspecified atom stereocenters. The summed E-state index contributed by atoms with van der Waals surface area (Å²) in [6.07, 6.45) is -0.756. The van der Waals surface area contributed by atoms with E-state index in [1.807, 2.05) is 0 Å². The van der Waals surface area contributed by atoms with E-state index in [2.05, 4.69) is 15.1 Å². The van der Waals surface area contributed by atoms with Crippen molar-refractivity contribution in [1.82, 2.24) is 29.0 Å². The molecular weight excluding hydrogens is 363 g/mol. The van der Waals surface area contributed by atoms with Gasteiger partial charge in [0.1, 0.15) is 30.7 Å². The van der Waals surface area contributed by atoms with E-state index in [-0.39, 0.29) is 17.0 Å². The van der Waals surface area contributed by atoms with Crippen molar-refractivity contribution in [2.45, 2.75) is 6.18 Å². The fourth-order valence-corrected chi connectivity index (χ4v) is 2.36. The Morgan fingerprint density at radius 2 is 2.04 bits per heavy atom. The molecule has 0 fully saturated rings. The number of amides is 1. The zero-order valence-electron chi connectivity index (χ0n) is 13.0. The van der Waals surface area contributed by atoms with Gasteiger partial charge in [-0.25, -0.2) is 23.4 Å². The molecule has 26 heavy (non-hydrogen) atoms. The van der Waals surface area contributed by atoms with Gasteiger partial charge in [-0.1, -0.05) is 0 Å². The fourth-order valence-electron chi connectivity index (χ4n) is 2.36. The van der Waals surface area contributed by atoms with Gasteiger partial charge in [0.05, 0.1) is 18.3 Å². The number of carbonyl (C=O) groups excluding carboxylic acids is 1. The van der Waals surface area contributed by atoms with Crippen LogP contribution in [-0.2, 0) is 6.18 Å². The van der Waals surface area contributed by atoms with Crippen LogP contribution in [0.15, 0.2) is 31.1 Å². The van der Waals surface area contributed by atoms with Crippen LogP contribution in [-0.4, -0.2) is 55.0 Å². The lowest BCUT2D eigenvalue weighted by atomic mass is 10.2. The van der Waals surface area contributed by atoms with Gasteiger partial charge in [0, 0.05) is 6.20 Å². The molecule has 0 aliphatic heterocycles. The van der Waals surface area contributed by atoms with E-state index < -0.39 is 37.7 Å². The minimum absolute atomic E-state index is 0.0223. The number of fused-ring (bicyclic) bond motifs is 1. The van der Waals surface area contributed by atoms with Crippen LogP contribution in [0.25, 0.3) is 11.3 Å². The van der Waals surface area contributed by atoms with Gasteiger partial charge in [-0.3, -0.25) is 9.20 Å². The highest BCUT2D eigenvalue weighted by Gasteiger charge is 2.33. The molecule has 0 aliphatic carbocycles. The minimum Gasteiger partial charge on any atom is -0.307 e. The van der Waals surface area contributed by atoms with Gasteiger partial charge >= 0.3 is 6.18 Å². The highest BCUT2D eigenvalue weighted by Crippen LogP contribution is 2.32. The topological polar surface area (TPSA) is 68.3 Å². The Morgan fingerprint density at radius 1 is 1.27 bits per heavy atom. The number of hydrogen-bond donors (Lipinski definition) is 0. The van der Waals surface area contributed by atoms with E-state index in [1.54, 1.807) is 0 Å². The molecule has 3 aromatic rings. The maximum Gasteiger partial charge on any atom is 0.417 e. The van der Waals surface area contributed by atoms with Crippen molar-refractivity contribution in [1.29, 1.82) is 0 Å². The maximum absolute atomic E-state index is 13.2. The summed E-state index contributed by atoms with van der Waals surface area (Å²) in [6.45, 7) is -2.81. The first-order chi connectivity index (χ1) is 12.4. The SMILES string of the molecule is O=C(c1cnc2c(-n3cncn3)cc(C(F)(F)F)cn12)N(CF)CCF. The molecule has 0 atom stereocenters. The zero-order chi connectivity index (χ0) is 18.9. The first-order valence-electron chi connectivity index (χ1n) is 7.21. The van der Waals surface area contributed by atoms with Crippen LogP contribution in [0, 0.1) is 0 Å². The van der Waals surface area contributed by atoms with Crippen LogP contribution >= 0.6 is 0 Å². The summed E-state index contributed by atoms with van der Waals surface area (Å²) in [5.41, 5.74) is -1.50. The molecule has 3 aromatic heterocycles. The molecule has 0 N–H and O–H groups in total. The van der Waals surface area contributed by atoms with E-state index >= 15 is 0 Å². The normalized spacial score (nSPS) is 11.9. The van der Waals surface area contributed by atoms with Crippen molar-refractivity contribution in [3.8, 4) is 5.69 Å². The second-order valence-electron chi connectivity index (χ2n) is 5.17. The predicted octanol–water partition coefficient (Wildman–Crippen LogP) is 2.27. The van der Waals surface area contributed by atoms with Crippen molar-refractivity contribution in [3.05, 3.63) is 42.4 Å². The van der Waals surface area contributed by atoms with Crippen molar-refractivity contribution < 1.29 is 26.7 Å². The summed E-state index contributed by atoms with van der Waals surface area (Å²) in [7, 11) is 0. The van der Waals surface area contributed by atoms with Crippen molar-refractivity contribution in [2.75, 3.05) is 20.0 Å². The minimum atomic E-state index is -4.72. The number of rotatable bonds is 5. The molecule has 3 heterocycles. The summed E-state index contributed by atoms with van der Waals surface area (Å²) in [4.78, 5) is 20.5. The average Bonchev–Trinajstić information content (AvgIpc) is 3.26. The second-order valence-corrected chi connectivity index (χ2v) is 5.17. The summed E-state index contributed by atoms with van der Waals surface area (Å²) in [6, 6.07) is 0.805. The Bertz CT molecular complexity index is 920. The Morgan fingerprint density at radius 3 is 2.62 bits per heavy atom. The monoisotopic (exact) mass is 374 g/mol. The summed E-state index contributed by atoms with van der Waals surface area (Å²) < 4.78 is 67.1. The largest absolute Gasteiger partial charge is 0.417 e. The Labute approximate surface area is 142 Å². The standard InChI is InChI=1S/C14H11F5N6O/c15-1-2-23(6-16)13(26)11-4-21-12-10(25-8-20-7-22-25)3-9(5-24(11)12)14(17,18)19/h3-5,7-8H,1-2,6H2. The Kier molecular flexibility index (Phi) is 4.57. The molecule has 0 radical (unpaired) electrons. The molecule has 0 spiro atoms. The Hall–Kier alpha value is -3.05. The van der Waals surface area contributed by atoms with Gasteiger partial charge in [0.25, 0.3) is 5.91 Å². The molecule has 7 nitrogen and oxygen atoms in total. The number of nitrogens with zero attached hydrogens (tertiary/aromatic N) is 6. The average molecular weight is 374 g/mol. The van der Waals surface area contributed by atoms with E-state index in [0.29, 0.717) is 11.1 Å². The van der Waals surface area contributed by atoms with Gasteiger partial charge in [-0.05, 0) is 6.07 Å². The van der Waals surface area contributed by atoms with Crippen LogP contribution in [0.3, 0.4) is 0 Å². The third-order valence-corrected chi connectivity index (χ3v) is 3.58. The third-order valence-electron chi connectivity index (χ3n) is 3.58. The van der Waals surface area contributed by atoms with E-state index in [1.165, 1.54) is 6.33 Å². The number of halogens is 5. The summed E-state index contributed by atoms with van der Waals surface area (Å²) in [5, 5.41) is 3.77. The fraction of sp³-hybridized carbons (Fsp3) is 0.286. The zero-order valence-corrected chi connectivity index (χ0v) is 13.0. The number of hydrogen-bond acceptors (Lipinski definition) is 4. The first kappa shape index (κ1) is 17.8. The number of alkyl halides is 5. The molecule has 0 saturated carbocycles. The molecule has 0 aromatic carbocycles. The number of imidazole rings is 1. The molecule has 0 bridgehead atoms. The van der Waals surface area contributed by atoms with Crippen LogP contribution in [0.5, 0.6) is 0 Å². The third kappa shape index (κ3) is 3.09. The van der Waals surface area contributed by atoms with Gasteiger partial charge in [0.2, 0.25) is 0 Å². The van der Waals surface area contributed by atoms with Crippen molar-refractivity contribution >= 4 is 11.6 Å². The molecule has 0 saturated heterocycles. The van der Waals surface area contributed by atoms with Crippen molar-refractivity contribution in [3.63, 3.8) is 0 Å². The lowest BCUT2D eigenvalue weighted by molar-refractivity contribution is -0.137. The second kappa shape index (κ2) is 6.69. The van der Waals surface area contributed by atoms with Crippen molar-refractivity contribution in [2.24, 2.45) is 0 Å². The predicted molar refractivity (Wildman–Crippen MR) is 78.1 cm³/mol. The van der Waals surface area contributed by atoms with Gasteiger partial charge in [-0.15, -0.1) is 0 Å². The Balaban J connectivity index is 2.21. The number of carbonyl (C=O) groups is 1. The van der Waals surface area contributed by atoms with E-state index in [9.17, 15) is 26.7 Å². The summed E-state index contributed by atoms with van der Waals surface area (Å²) >= 11 is 0. The highest BCUT2D eigenvalue weighted by atomic mass is 19.4. The maximum atomic E-state index is 13.2. The molecule has 138 valence electrons. The summed E-state index contributed by atoms with van der Waals surface area (Å²) in [5.74, 6) is -0.985. The van der Waals surface area contributed by atoms with Crippen LogP contribution < -0.4 is 0 Å². The molecule has 3 rings (SSSR count). The molecule has 12 heteroatoms. The molecular formula is C14H11F5N6O.